The van der Waals surface area contributed by atoms with Crippen LogP contribution < -0.4 is 5.32 Å². The zero-order valence-corrected chi connectivity index (χ0v) is 15.6. The third-order valence-corrected chi connectivity index (χ3v) is 7.20. The number of rotatable bonds is 6. The van der Waals surface area contributed by atoms with E-state index in [1.165, 1.54) is 4.31 Å². The fraction of sp³-hybridized carbons (Fsp3) is 0.556. The Labute approximate surface area is 153 Å². The lowest BCUT2D eigenvalue weighted by Gasteiger charge is -2.31. The molecule has 1 aromatic rings. The van der Waals surface area contributed by atoms with Crippen LogP contribution in [0.5, 0.6) is 0 Å². The highest BCUT2D eigenvalue weighted by molar-refractivity contribution is 7.89. The first-order chi connectivity index (χ1) is 12.2. The van der Waals surface area contributed by atoms with Gasteiger partial charge in [-0.2, -0.15) is 4.31 Å². The van der Waals surface area contributed by atoms with Crippen molar-refractivity contribution in [3.05, 3.63) is 29.8 Å². The second-order valence-corrected chi connectivity index (χ2v) is 9.26. The fourth-order valence-electron chi connectivity index (χ4n) is 3.25. The number of carbonyl (C=O) groups excluding carboxylic acids is 1. The van der Waals surface area contributed by atoms with Crippen molar-refractivity contribution in [2.24, 2.45) is 11.3 Å². The van der Waals surface area contributed by atoms with Crippen molar-refractivity contribution in [1.82, 2.24) is 9.62 Å². The molecule has 1 amide bonds. The van der Waals surface area contributed by atoms with E-state index in [0.717, 1.165) is 5.56 Å². The normalized spacial score (nSPS) is 22.6. The van der Waals surface area contributed by atoms with Crippen LogP contribution >= 0.6 is 0 Å². The van der Waals surface area contributed by atoms with Gasteiger partial charge in [0.2, 0.25) is 15.9 Å². The van der Waals surface area contributed by atoms with Gasteiger partial charge in [0, 0.05) is 19.6 Å². The molecule has 0 radical (unpaired) electrons. The van der Waals surface area contributed by atoms with Crippen molar-refractivity contribution < 1.29 is 23.1 Å². The molecule has 1 aliphatic heterocycles. The van der Waals surface area contributed by atoms with Crippen LogP contribution in [0.2, 0.25) is 0 Å². The van der Waals surface area contributed by atoms with Gasteiger partial charge in [-0.3, -0.25) is 9.59 Å². The molecule has 8 heteroatoms. The molecule has 2 aliphatic rings. The minimum Gasteiger partial charge on any atom is -0.481 e. The number of nitrogens with zero attached hydrogens (tertiary/aromatic N) is 1. The van der Waals surface area contributed by atoms with Gasteiger partial charge in [-0.05, 0) is 44.7 Å². The van der Waals surface area contributed by atoms with Crippen LogP contribution in [0, 0.1) is 18.3 Å². The number of nitrogens with one attached hydrogen (secondary N) is 1. The maximum absolute atomic E-state index is 12.8. The van der Waals surface area contributed by atoms with Crippen LogP contribution in [-0.4, -0.2) is 49.3 Å². The number of hydrogen-bond acceptors (Lipinski definition) is 4. The number of hydrogen-bond donors (Lipinski definition) is 2. The largest absolute Gasteiger partial charge is 0.481 e. The molecule has 0 bridgehead atoms. The smallest absolute Gasteiger partial charge is 0.311 e. The van der Waals surface area contributed by atoms with Crippen LogP contribution in [0.15, 0.2) is 29.2 Å². The SMILES string of the molecule is Cc1ccc(S(=O)(=O)N2CCCC(C(=O)NCC3(C(=O)O)CC3)C2)cc1. The quantitative estimate of drug-likeness (QED) is 0.776. The van der Waals surface area contributed by atoms with Gasteiger partial charge in [0.25, 0.3) is 0 Å². The number of amides is 1. The third-order valence-electron chi connectivity index (χ3n) is 5.32. The summed E-state index contributed by atoms with van der Waals surface area (Å²) in [6.07, 6.45) is 2.35. The van der Waals surface area contributed by atoms with Crippen LogP contribution in [0.25, 0.3) is 0 Å². The maximum Gasteiger partial charge on any atom is 0.311 e. The molecule has 0 spiro atoms. The molecule has 142 valence electrons. The molecule has 2 N–H and O–H groups in total. The van der Waals surface area contributed by atoms with Gasteiger partial charge in [-0.15, -0.1) is 0 Å². The van der Waals surface area contributed by atoms with Gasteiger partial charge in [-0.25, -0.2) is 8.42 Å². The summed E-state index contributed by atoms with van der Waals surface area (Å²) in [6.45, 7) is 2.52. The van der Waals surface area contributed by atoms with Crippen molar-refractivity contribution in [2.45, 2.75) is 37.5 Å². The molecule has 1 atom stereocenters. The predicted octanol–water partition coefficient (Wildman–Crippen LogP) is 1.38. The van der Waals surface area contributed by atoms with E-state index in [9.17, 15) is 23.1 Å². The molecule has 1 aliphatic carbocycles. The van der Waals surface area contributed by atoms with Crippen molar-refractivity contribution in [1.29, 1.82) is 0 Å². The molecule has 3 rings (SSSR count). The number of carboxylic acid groups (broad SMARTS) is 1. The van der Waals surface area contributed by atoms with E-state index in [-0.39, 0.29) is 23.9 Å². The summed E-state index contributed by atoms with van der Waals surface area (Å²) in [6, 6.07) is 6.67. The molecule has 7 nitrogen and oxygen atoms in total. The Kier molecular flexibility index (Phi) is 5.07. The van der Waals surface area contributed by atoms with Crippen LogP contribution in [0.3, 0.4) is 0 Å². The first-order valence-corrected chi connectivity index (χ1v) is 10.3. The third kappa shape index (κ3) is 3.76. The Hall–Kier alpha value is -1.93. The van der Waals surface area contributed by atoms with Crippen LogP contribution in [-0.2, 0) is 19.6 Å². The number of carbonyl (C=O) groups is 2. The van der Waals surface area contributed by atoms with Gasteiger partial charge in [0.05, 0.1) is 16.2 Å². The van der Waals surface area contributed by atoms with Gasteiger partial charge >= 0.3 is 5.97 Å². The van der Waals surface area contributed by atoms with Gasteiger partial charge in [0.1, 0.15) is 0 Å². The van der Waals surface area contributed by atoms with Crippen LogP contribution in [0.4, 0.5) is 0 Å². The lowest BCUT2D eigenvalue weighted by molar-refractivity contribution is -0.143. The molecule has 2 fully saturated rings. The van der Waals surface area contributed by atoms with E-state index in [0.29, 0.717) is 32.2 Å². The molecule has 26 heavy (non-hydrogen) atoms. The molecule has 0 aromatic heterocycles. The summed E-state index contributed by atoms with van der Waals surface area (Å²) in [7, 11) is -3.63. The Bertz CT molecular complexity index is 799. The number of aliphatic carboxylic acids is 1. The number of carboxylic acids is 1. The Morgan fingerprint density at radius 2 is 1.92 bits per heavy atom. The standard InChI is InChI=1S/C18H24N2O5S/c1-13-4-6-15(7-5-13)26(24,25)20-10-2-3-14(11-20)16(21)19-12-18(8-9-18)17(22)23/h4-7,14H,2-3,8-12H2,1H3,(H,19,21)(H,22,23). The first kappa shape index (κ1) is 18.8. The van der Waals surface area contributed by atoms with Crippen molar-refractivity contribution in [3.63, 3.8) is 0 Å². The summed E-state index contributed by atoms with van der Waals surface area (Å²) in [4.78, 5) is 23.8. The van der Waals surface area contributed by atoms with E-state index < -0.39 is 27.3 Å². The second kappa shape index (κ2) is 7.00. The van der Waals surface area contributed by atoms with E-state index in [1.54, 1.807) is 24.3 Å². The van der Waals surface area contributed by atoms with Gasteiger partial charge in [-0.1, -0.05) is 17.7 Å². The summed E-state index contributed by atoms with van der Waals surface area (Å²) >= 11 is 0. The number of piperidine rings is 1. The predicted molar refractivity (Wildman–Crippen MR) is 95.0 cm³/mol. The first-order valence-electron chi connectivity index (χ1n) is 8.83. The van der Waals surface area contributed by atoms with Gasteiger partial charge < -0.3 is 10.4 Å². The fourth-order valence-corrected chi connectivity index (χ4v) is 4.78. The zero-order valence-electron chi connectivity index (χ0n) is 14.8. The molecule has 1 heterocycles. The van der Waals surface area contributed by atoms with Crippen molar-refractivity contribution in [2.75, 3.05) is 19.6 Å². The summed E-state index contributed by atoms with van der Waals surface area (Å²) < 4.78 is 27.0. The highest BCUT2D eigenvalue weighted by Gasteiger charge is 2.50. The number of aryl methyl sites for hydroxylation is 1. The van der Waals surface area contributed by atoms with Crippen LogP contribution in [0.1, 0.15) is 31.2 Å². The number of benzene rings is 1. The van der Waals surface area contributed by atoms with E-state index in [2.05, 4.69) is 5.32 Å². The lowest BCUT2D eigenvalue weighted by Crippen LogP contribution is -2.46. The Morgan fingerprint density at radius 1 is 1.27 bits per heavy atom. The maximum atomic E-state index is 12.8. The molecular formula is C18H24N2O5S. The molecule has 1 aromatic carbocycles. The summed E-state index contributed by atoms with van der Waals surface area (Å²) in [5.41, 5.74) is 0.158. The lowest BCUT2D eigenvalue weighted by atomic mass is 9.98. The Balaban J connectivity index is 1.64. The monoisotopic (exact) mass is 380 g/mol. The highest BCUT2D eigenvalue weighted by atomic mass is 32.2. The molecular weight excluding hydrogens is 356 g/mol. The van der Waals surface area contributed by atoms with E-state index >= 15 is 0 Å². The summed E-state index contributed by atoms with van der Waals surface area (Å²) in [5.74, 6) is -1.60. The molecule has 1 saturated carbocycles. The minimum atomic E-state index is -3.63. The molecule has 1 unspecified atom stereocenters. The average Bonchev–Trinajstić information content (AvgIpc) is 3.41. The highest BCUT2D eigenvalue weighted by Crippen LogP contribution is 2.45. The van der Waals surface area contributed by atoms with Crippen molar-refractivity contribution in [3.8, 4) is 0 Å². The number of sulfonamides is 1. The molecule has 1 saturated heterocycles. The topological polar surface area (TPSA) is 104 Å². The minimum absolute atomic E-state index is 0.113. The average molecular weight is 380 g/mol. The van der Waals surface area contributed by atoms with Gasteiger partial charge in [0.15, 0.2) is 0 Å². The summed E-state index contributed by atoms with van der Waals surface area (Å²) in [5, 5.41) is 11.9. The Morgan fingerprint density at radius 3 is 2.50 bits per heavy atom. The van der Waals surface area contributed by atoms with E-state index in [1.807, 2.05) is 6.92 Å². The van der Waals surface area contributed by atoms with E-state index in [4.69, 9.17) is 0 Å². The zero-order chi connectivity index (χ0) is 18.9. The van der Waals surface area contributed by atoms with Crippen molar-refractivity contribution >= 4 is 21.9 Å². The second-order valence-electron chi connectivity index (χ2n) is 7.32.